The molecule has 1 aliphatic rings. The molecule has 1 aromatic heterocycles. The number of aromatic nitrogens is 2. The Bertz CT molecular complexity index is 317. The lowest BCUT2D eigenvalue weighted by molar-refractivity contribution is -0.00446. The van der Waals surface area contributed by atoms with Crippen LogP contribution in [0.4, 0.5) is 5.13 Å². The monoisotopic (exact) mass is 228 g/mol. The highest BCUT2D eigenvalue weighted by Crippen LogP contribution is 2.18. The summed E-state index contributed by atoms with van der Waals surface area (Å²) in [6, 6.07) is 0.473. The van der Waals surface area contributed by atoms with Crippen molar-refractivity contribution in [3.05, 3.63) is 5.01 Å². The van der Waals surface area contributed by atoms with Crippen LogP contribution in [0, 0.1) is 0 Å². The van der Waals surface area contributed by atoms with Crippen LogP contribution in [0.5, 0.6) is 0 Å². The predicted molar refractivity (Wildman–Crippen MR) is 60.1 cm³/mol. The van der Waals surface area contributed by atoms with Crippen LogP contribution in [-0.2, 0) is 11.3 Å². The zero-order valence-electron chi connectivity index (χ0n) is 9.06. The number of hydrogen-bond acceptors (Lipinski definition) is 6. The van der Waals surface area contributed by atoms with Crippen LogP contribution in [0.1, 0.15) is 11.9 Å². The summed E-state index contributed by atoms with van der Waals surface area (Å²) in [6.07, 6.45) is 0. The molecule has 1 unspecified atom stereocenters. The summed E-state index contributed by atoms with van der Waals surface area (Å²) >= 11 is 1.61. The van der Waals surface area contributed by atoms with Crippen LogP contribution in [0.15, 0.2) is 0 Å². The van der Waals surface area contributed by atoms with Crippen LogP contribution in [-0.4, -0.2) is 47.9 Å². The van der Waals surface area contributed by atoms with E-state index in [-0.39, 0.29) is 0 Å². The van der Waals surface area contributed by atoms with E-state index in [1.54, 1.807) is 11.3 Å². The number of morpholine rings is 1. The fourth-order valence-corrected chi connectivity index (χ4v) is 2.31. The quantitative estimate of drug-likeness (QED) is 0.829. The molecule has 1 fully saturated rings. The Balaban J connectivity index is 1.95. The summed E-state index contributed by atoms with van der Waals surface area (Å²) in [7, 11) is 1.86. The molecule has 1 aromatic rings. The maximum atomic E-state index is 5.39. The second-order valence-corrected chi connectivity index (χ2v) is 4.71. The number of anilines is 1. The average molecular weight is 228 g/mol. The van der Waals surface area contributed by atoms with Crippen molar-refractivity contribution in [1.29, 1.82) is 0 Å². The third-order valence-electron chi connectivity index (χ3n) is 2.52. The van der Waals surface area contributed by atoms with Crippen molar-refractivity contribution in [2.24, 2.45) is 0 Å². The van der Waals surface area contributed by atoms with Gasteiger partial charge in [-0.3, -0.25) is 4.90 Å². The molecular weight excluding hydrogens is 212 g/mol. The van der Waals surface area contributed by atoms with Gasteiger partial charge in [-0.15, -0.1) is 10.2 Å². The van der Waals surface area contributed by atoms with Crippen LogP contribution in [0.25, 0.3) is 0 Å². The van der Waals surface area contributed by atoms with Gasteiger partial charge in [0.25, 0.3) is 0 Å². The van der Waals surface area contributed by atoms with Gasteiger partial charge in [-0.2, -0.15) is 0 Å². The first-order valence-electron chi connectivity index (χ1n) is 5.11. The first-order valence-corrected chi connectivity index (χ1v) is 5.93. The average Bonchev–Trinajstić information content (AvgIpc) is 2.69. The fourth-order valence-electron chi connectivity index (χ4n) is 1.59. The summed E-state index contributed by atoms with van der Waals surface area (Å²) in [4.78, 5) is 2.38. The number of ether oxygens (including phenoxy) is 1. The summed E-state index contributed by atoms with van der Waals surface area (Å²) in [5.41, 5.74) is 0. The minimum Gasteiger partial charge on any atom is -0.379 e. The summed E-state index contributed by atoms with van der Waals surface area (Å²) in [6.45, 7) is 5.68. The molecule has 0 spiro atoms. The van der Waals surface area contributed by atoms with Gasteiger partial charge in [-0.1, -0.05) is 11.3 Å². The summed E-state index contributed by atoms with van der Waals surface area (Å²) in [5.74, 6) is 0. The van der Waals surface area contributed by atoms with Gasteiger partial charge in [0, 0.05) is 19.6 Å². The second kappa shape index (κ2) is 4.87. The van der Waals surface area contributed by atoms with Crippen molar-refractivity contribution in [1.82, 2.24) is 15.1 Å². The van der Waals surface area contributed by atoms with Crippen molar-refractivity contribution in [3.63, 3.8) is 0 Å². The van der Waals surface area contributed by atoms with Gasteiger partial charge in [-0.05, 0) is 6.92 Å². The number of nitrogens with zero attached hydrogens (tertiary/aromatic N) is 3. The molecule has 1 N–H and O–H groups in total. The molecule has 2 heterocycles. The van der Waals surface area contributed by atoms with E-state index in [9.17, 15) is 0 Å². The highest BCUT2D eigenvalue weighted by atomic mass is 32.1. The zero-order chi connectivity index (χ0) is 10.7. The van der Waals surface area contributed by atoms with Crippen molar-refractivity contribution in [2.75, 3.05) is 32.1 Å². The van der Waals surface area contributed by atoms with Gasteiger partial charge >= 0.3 is 0 Å². The van der Waals surface area contributed by atoms with Gasteiger partial charge in [0.2, 0.25) is 5.13 Å². The number of hydrogen-bond donors (Lipinski definition) is 1. The molecule has 15 heavy (non-hydrogen) atoms. The van der Waals surface area contributed by atoms with E-state index in [2.05, 4.69) is 27.3 Å². The molecule has 1 atom stereocenters. The Hall–Kier alpha value is -0.720. The van der Waals surface area contributed by atoms with E-state index in [0.29, 0.717) is 6.04 Å². The van der Waals surface area contributed by atoms with E-state index in [1.165, 1.54) is 0 Å². The van der Waals surface area contributed by atoms with Gasteiger partial charge < -0.3 is 10.1 Å². The number of rotatable bonds is 3. The molecule has 6 heteroatoms. The fraction of sp³-hybridized carbons (Fsp3) is 0.778. The lowest BCUT2D eigenvalue weighted by Crippen LogP contribution is -2.42. The van der Waals surface area contributed by atoms with Gasteiger partial charge in [0.1, 0.15) is 5.01 Å². The van der Waals surface area contributed by atoms with E-state index in [0.717, 1.165) is 36.4 Å². The molecule has 0 radical (unpaired) electrons. The minimum atomic E-state index is 0.473. The highest BCUT2D eigenvalue weighted by molar-refractivity contribution is 7.15. The van der Waals surface area contributed by atoms with E-state index in [1.807, 2.05) is 7.05 Å². The predicted octanol–water partition coefficient (Wildman–Crippen LogP) is 0.800. The van der Waals surface area contributed by atoms with E-state index >= 15 is 0 Å². The molecule has 5 nitrogen and oxygen atoms in total. The highest BCUT2D eigenvalue weighted by Gasteiger charge is 2.20. The first-order chi connectivity index (χ1) is 7.29. The largest absolute Gasteiger partial charge is 0.379 e. The molecule has 0 saturated carbocycles. The van der Waals surface area contributed by atoms with Crippen molar-refractivity contribution < 1.29 is 4.74 Å². The normalized spacial score (nSPS) is 22.9. The van der Waals surface area contributed by atoms with Gasteiger partial charge in [0.15, 0.2) is 0 Å². The van der Waals surface area contributed by atoms with Crippen molar-refractivity contribution in [2.45, 2.75) is 19.5 Å². The third kappa shape index (κ3) is 2.64. The second-order valence-electron chi connectivity index (χ2n) is 3.65. The van der Waals surface area contributed by atoms with Crippen LogP contribution in [0.2, 0.25) is 0 Å². The van der Waals surface area contributed by atoms with E-state index < -0.39 is 0 Å². The Morgan fingerprint density at radius 1 is 1.60 bits per heavy atom. The molecule has 84 valence electrons. The Morgan fingerprint density at radius 3 is 3.13 bits per heavy atom. The Kier molecular flexibility index (Phi) is 3.50. The van der Waals surface area contributed by atoms with Gasteiger partial charge in [0.05, 0.1) is 19.8 Å². The molecular formula is C9H16N4OS. The first kappa shape index (κ1) is 10.8. The van der Waals surface area contributed by atoms with Crippen molar-refractivity contribution >= 4 is 16.5 Å². The molecule has 0 aromatic carbocycles. The molecule has 0 aliphatic carbocycles. The lowest BCUT2D eigenvalue weighted by Gasteiger charge is -2.32. The van der Waals surface area contributed by atoms with Crippen LogP contribution < -0.4 is 5.32 Å². The molecule has 1 aliphatic heterocycles. The topological polar surface area (TPSA) is 50.3 Å². The Labute approximate surface area is 93.5 Å². The number of nitrogens with one attached hydrogen (secondary N) is 1. The molecule has 0 bridgehead atoms. The van der Waals surface area contributed by atoms with Gasteiger partial charge in [-0.25, -0.2) is 0 Å². The van der Waals surface area contributed by atoms with E-state index in [4.69, 9.17) is 4.74 Å². The van der Waals surface area contributed by atoms with Crippen molar-refractivity contribution in [3.8, 4) is 0 Å². The summed E-state index contributed by atoms with van der Waals surface area (Å²) < 4.78 is 5.39. The maximum Gasteiger partial charge on any atom is 0.205 e. The zero-order valence-corrected chi connectivity index (χ0v) is 9.88. The third-order valence-corrected chi connectivity index (χ3v) is 3.45. The Morgan fingerprint density at radius 2 is 2.47 bits per heavy atom. The van der Waals surface area contributed by atoms with Crippen LogP contribution >= 0.6 is 11.3 Å². The lowest BCUT2D eigenvalue weighted by atomic mass is 10.2. The smallest absolute Gasteiger partial charge is 0.205 e. The standard InChI is InChI=1S/C9H16N4OS/c1-7-6-14-4-3-13(7)5-8-11-12-9(10-2)15-8/h7H,3-6H2,1-2H3,(H,10,12). The maximum absolute atomic E-state index is 5.39. The molecule has 1 saturated heterocycles. The minimum absolute atomic E-state index is 0.473. The molecule has 2 rings (SSSR count). The van der Waals surface area contributed by atoms with Crippen LogP contribution in [0.3, 0.4) is 0 Å². The SMILES string of the molecule is CNc1nnc(CN2CCOCC2C)s1. The summed E-state index contributed by atoms with van der Waals surface area (Å²) in [5, 5.41) is 13.1. The molecule has 0 amide bonds.